The number of piperidine rings is 1. The number of fused-ring (bicyclic) bond motifs is 1. The monoisotopic (exact) mass is 398 g/mol. The van der Waals surface area contributed by atoms with E-state index in [2.05, 4.69) is 25.7 Å². The second-order valence-electron chi connectivity index (χ2n) is 8.87. The molecule has 0 N–H and O–H groups in total. The summed E-state index contributed by atoms with van der Waals surface area (Å²) in [6.45, 7) is 9.09. The van der Waals surface area contributed by atoms with Crippen molar-refractivity contribution < 1.29 is 4.79 Å². The van der Waals surface area contributed by atoms with Crippen molar-refractivity contribution in [2.45, 2.75) is 84.1 Å². The van der Waals surface area contributed by atoms with Crippen LogP contribution in [-0.4, -0.2) is 56.1 Å². The van der Waals surface area contributed by atoms with Gasteiger partial charge in [0.15, 0.2) is 0 Å². The molecular weight excluding hydrogens is 364 g/mol. The SMILES string of the molecule is CCCn1c(=O)n(CC(=O)N2CCC[C@@H](N3[C@H](C)CC[C@@H]3C)C2)c2ccccc21. The third kappa shape index (κ3) is 3.75. The molecule has 0 aliphatic carbocycles. The number of carbonyl (C=O) groups excluding carboxylic acids is 1. The van der Waals surface area contributed by atoms with Gasteiger partial charge < -0.3 is 4.90 Å². The number of imidazole rings is 1. The molecule has 1 aromatic heterocycles. The molecule has 0 unspecified atom stereocenters. The van der Waals surface area contributed by atoms with Gasteiger partial charge in [-0.2, -0.15) is 0 Å². The molecule has 2 saturated heterocycles. The number of para-hydroxylation sites is 2. The van der Waals surface area contributed by atoms with Crippen molar-refractivity contribution >= 4 is 16.9 Å². The summed E-state index contributed by atoms with van der Waals surface area (Å²) >= 11 is 0. The summed E-state index contributed by atoms with van der Waals surface area (Å²) in [5.74, 6) is 0.0655. The van der Waals surface area contributed by atoms with Gasteiger partial charge in [-0.3, -0.25) is 18.8 Å². The van der Waals surface area contributed by atoms with E-state index >= 15 is 0 Å². The minimum Gasteiger partial charge on any atom is -0.340 e. The summed E-state index contributed by atoms with van der Waals surface area (Å²) in [4.78, 5) is 30.8. The van der Waals surface area contributed by atoms with Crippen LogP contribution in [0.5, 0.6) is 0 Å². The standard InChI is InChI=1S/C23H34N4O2/c1-4-13-25-20-9-5-6-10-21(20)26(23(25)29)16-22(28)24-14-7-8-19(15-24)27-17(2)11-12-18(27)3/h5-6,9-10,17-19H,4,7-8,11-16H2,1-3H3/t17-,18+,19-/m1/s1. The maximum Gasteiger partial charge on any atom is 0.329 e. The number of hydrogen-bond donors (Lipinski definition) is 0. The lowest BCUT2D eigenvalue weighted by atomic mass is 10.0. The summed E-state index contributed by atoms with van der Waals surface area (Å²) in [6.07, 6.45) is 5.59. The van der Waals surface area contributed by atoms with E-state index in [1.165, 1.54) is 12.8 Å². The van der Waals surface area contributed by atoms with E-state index in [9.17, 15) is 9.59 Å². The first kappa shape index (κ1) is 20.2. The lowest BCUT2D eigenvalue weighted by Crippen LogP contribution is -2.53. The maximum atomic E-state index is 13.2. The zero-order valence-electron chi connectivity index (χ0n) is 18.0. The fraction of sp³-hybridized carbons (Fsp3) is 0.652. The average Bonchev–Trinajstić information content (AvgIpc) is 3.20. The molecule has 2 fully saturated rings. The molecule has 2 aliphatic rings. The Morgan fingerprint density at radius 3 is 2.34 bits per heavy atom. The number of hydrogen-bond acceptors (Lipinski definition) is 3. The Morgan fingerprint density at radius 2 is 1.69 bits per heavy atom. The zero-order chi connectivity index (χ0) is 20.5. The van der Waals surface area contributed by atoms with Crippen molar-refractivity contribution in [1.29, 1.82) is 0 Å². The van der Waals surface area contributed by atoms with Crippen LogP contribution in [0.1, 0.15) is 52.9 Å². The van der Waals surface area contributed by atoms with Crippen LogP contribution < -0.4 is 5.69 Å². The highest BCUT2D eigenvalue weighted by atomic mass is 16.2. The lowest BCUT2D eigenvalue weighted by Gasteiger charge is -2.41. The van der Waals surface area contributed by atoms with Gasteiger partial charge in [0.25, 0.3) is 0 Å². The van der Waals surface area contributed by atoms with E-state index in [1.807, 2.05) is 29.2 Å². The van der Waals surface area contributed by atoms with Gasteiger partial charge in [0.2, 0.25) is 5.91 Å². The molecule has 0 radical (unpaired) electrons. The number of likely N-dealkylation sites (tertiary alicyclic amines) is 2. The average molecular weight is 399 g/mol. The summed E-state index contributed by atoms with van der Waals surface area (Å²) in [6, 6.07) is 9.45. The lowest BCUT2D eigenvalue weighted by molar-refractivity contribution is -0.134. The smallest absolute Gasteiger partial charge is 0.329 e. The number of aryl methyl sites for hydroxylation is 1. The Bertz CT molecular complexity index is 921. The van der Waals surface area contributed by atoms with Crippen molar-refractivity contribution in [1.82, 2.24) is 18.9 Å². The predicted octanol–water partition coefficient (Wildman–Crippen LogP) is 3.08. The van der Waals surface area contributed by atoms with Crippen molar-refractivity contribution in [2.24, 2.45) is 0 Å². The fourth-order valence-corrected chi connectivity index (χ4v) is 5.46. The van der Waals surface area contributed by atoms with E-state index in [1.54, 1.807) is 9.13 Å². The van der Waals surface area contributed by atoms with Crippen molar-refractivity contribution in [2.75, 3.05) is 13.1 Å². The summed E-state index contributed by atoms with van der Waals surface area (Å²) in [5.41, 5.74) is 1.70. The molecule has 1 aromatic carbocycles. The van der Waals surface area contributed by atoms with Crippen LogP contribution in [0, 0.1) is 0 Å². The minimum atomic E-state index is -0.0725. The first-order valence-electron chi connectivity index (χ1n) is 11.2. The molecule has 0 bridgehead atoms. The largest absolute Gasteiger partial charge is 0.340 e. The zero-order valence-corrected chi connectivity index (χ0v) is 18.0. The van der Waals surface area contributed by atoms with Gasteiger partial charge in [-0.25, -0.2) is 4.79 Å². The van der Waals surface area contributed by atoms with E-state index in [4.69, 9.17) is 0 Å². The topological polar surface area (TPSA) is 50.5 Å². The number of aromatic nitrogens is 2. The van der Waals surface area contributed by atoms with Crippen LogP contribution in [0.3, 0.4) is 0 Å². The summed E-state index contributed by atoms with van der Waals surface area (Å²) in [7, 11) is 0. The van der Waals surface area contributed by atoms with Crippen molar-refractivity contribution in [3.05, 3.63) is 34.7 Å². The highest BCUT2D eigenvalue weighted by Crippen LogP contribution is 2.30. The normalized spacial score (nSPS) is 25.8. The molecule has 0 saturated carbocycles. The van der Waals surface area contributed by atoms with Crippen LogP contribution in [0.2, 0.25) is 0 Å². The fourth-order valence-electron chi connectivity index (χ4n) is 5.46. The second kappa shape index (κ2) is 8.34. The Morgan fingerprint density at radius 1 is 1.03 bits per heavy atom. The van der Waals surface area contributed by atoms with Gasteiger partial charge >= 0.3 is 5.69 Å². The van der Waals surface area contributed by atoms with E-state index in [0.717, 1.165) is 43.4 Å². The Labute approximate surface area is 173 Å². The summed E-state index contributed by atoms with van der Waals surface area (Å²) in [5, 5.41) is 0. The Balaban J connectivity index is 1.54. The van der Waals surface area contributed by atoms with Gasteiger partial charge in [0.1, 0.15) is 6.54 Å². The number of nitrogens with zero attached hydrogens (tertiary/aromatic N) is 4. The molecule has 4 rings (SSSR count). The number of benzene rings is 1. The molecule has 3 heterocycles. The Kier molecular flexibility index (Phi) is 5.81. The van der Waals surface area contributed by atoms with Gasteiger partial charge in [-0.05, 0) is 58.1 Å². The molecule has 3 atom stereocenters. The molecule has 1 amide bonds. The van der Waals surface area contributed by atoms with Gasteiger partial charge in [-0.15, -0.1) is 0 Å². The quantitative estimate of drug-likeness (QED) is 0.778. The second-order valence-corrected chi connectivity index (χ2v) is 8.87. The minimum absolute atomic E-state index is 0.0655. The third-order valence-electron chi connectivity index (χ3n) is 6.86. The Hall–Kier alpha value is -2.08. The number of amides is 1. The van der Waals surface area contributed by atoms with Crippen LogP contribution >= 0.6 is 0 Å². The summed E-state index contributed by atoms with van der Waals surface area (Å²) < 4.78 is 3.47. The van der Waals surface area contributed by atoms with E-state index < -0.39 is 0 Å². The molecule has 158 valence electrons. The van der Waals surface area contributed by atoms with Crippen LogP contribution in [0.25, 0.3) is 11.0 Å². The number of rotatable bonds is 5. The molecule has 29 heavy (non-hydrogen) atoms. The van der Waals surface area contributed by atoms with Gasteiger partial charge in [-0.1, -0.05) is 19.1 Å². The molecule has 6 heteroatoms. The number of carbonyl (C=O) groups is 1. The van der Waals surface area contributed by atoms with Crippen LogP contribution in [-0.2, 0) is 17.9 Å². The molecule has 2 aliphatic heterocycles. The molecule has 2 aromatic rings. The van der Waals surface area contributed by atoms with Crippen molar-refractivity contribution in [3.8, 4) is 0 Å². The first-order valence-corrected chi connectivity index (χ1v) is 11.2. The molecule has 0 spiro atoms. The molecule has 6 nitrogen and oxygen atoms in total. The van der Waals surface area contributed by atoms with E-state index in [0.29, 0.717) is 24.7 Å². The van der Waals surface area contributed by atoms with Crippen LogP contribution in [0.4, 0.5) is 0 Å². The molecular formula is C23H34N4O2. The van der Waals surface area contributed by atoms with Crippen molar-refractivity contribution in [3.63, 3.8) is 0 Å². The highest BCUT2D eigenvalue weighted by Gasteiger charge is 2.36. The third-order valence-corrected chi connectivity index (χ3v) is 6.86. The predicted molar refractivity (Wildman–Crippen MR) is 116 cm³/mol. The van der Waals surface area contributed by atoms with Gasteiger partial charge in [0, 0.05) is 37.8 Å². The van der Waals surface area contributed by atoms with Crippen LogP contribution in [0.15, 0.2) is 29.1 Å². The van der Waals surface area contributed by atoms with Gasteiger partial charge in [0.05, 0.1) is 11.0 Å². The first-order chi connectivity index (χ1) is 14.0. The van der Waals surface area contributed by atoms with E-state index in [-0.39, 0.29) is 18.1 Å². The highest BCUT2D eigenvalue weighted by molar-refractivity contribution is 5.81. The maximum absolute atomic E-state index is 13.2.